The zero-order chi connectivity index (χ0) is 14.1. The Balaban J connectivity index is 0.00000361. The van der Waals surface area contributed by atoms with Gasteiger partial charge in [-0.05, 0) is 58.2 Å². The van der Waals surface area contributed by atoms with Crippen LogP contribution in [0.1, 0.15) is 40.0 Å². The van der Waals surface area contributed by atoms with Gasteiger partial charge in [0.05, 0.1) is 0 Å². The van der Waals surface area contributed by atoms with Crippen LogP contribution in [0.3, 0.4) is 0 Å². The molecule has 0 aromatic rings. The summed E-state index contributed by atoms with van der Waals surface area (Å²) in [6.45, 7) is 12.0. The lowest BCUT2D eigenvalue weighted by atomic mass is 9.97. The number of hydrogen-bond acceptors (Lipinski definition) is 2. The molecule has 0 atom stereocenters. The molecule has 0 saturated carbocycles. The largest absolute Gasteiger partial charge is 0.357 e. The number of hydrogen-bond donors (Lipinski definition) is 2. The Labute approximate surface area is 142 Å². The molecule has 1 heterocycles. The molecule has 0 aromatic carbocycles. The summed E-state index contributed by atoms with van der Waals surface area (Å²) in [7, 11) is 2.21. The first-order valence-electron chi connectivity index (χ1n) is 7.82. The van der Waals surface area contributed by atoms with Crippen molar-refractivity contribution < 1.29 is 0 Å². The maximum atomic E-state index is 4.73. The second kappa shape index (κ2) is 11.6. The first-order chi connectivity index (χ1) is 9.11. The van der Waals surface area contributed by atoms with Crippen LogP contribution in [0, 0.1) is 11.8 Å². The molecule has 0 aliphatic carbocycles. The van der Waals surface area contributed by atoms with Crippen LogP contribution in [0.5, 0.6) is 0 Å². The van der Waals surface area contributed by atoms with Crippen LogP contribution in [0.15, 0.2) is 4.99 Å². The van der Waals surface area contributed by atoms with Gasteiger partial charge < -0.3 is 15.5 Å². The Bertz CT molecular complexity index is 261. The lowest BCUT2D eigenvalue weighted by Gasteiger charge is -2.28. The molecule has 0 radical (unpaired) electrons. The Morgan fingerprint density at radius 3 is 2.45 bits per heavy atom. The molecule has 1 rings (SSSR count). The highest BCUT2D eigenvalue weighted by molar-refractivity contribution is 14.0. The molecular formula is C15H33IN4. The van der Waals surface area contributed by atoms with Gasteiger partial charge in [-0.15, -0.1) is 24.0 Å². The second-order valence-electron chi connectivity index (χ2n) is 6.08. The number of aliphatic imine (C=N–C) groups is 1. The maximum Gasteiger partial charge on any atom is 0.191 e. The zero-order valence-electron chi connectivity index (χ0n) is 13.6. The summed E-state index contributed by atoms with van der Waals surface area (Å²) >= 11 is 0. The smallest absolute Gasteiger partial charge is 0.191 e. The maximum absolute atomic E-state index is 4.73. The lowest BCUT2D eigenvalue weighted by molar-refractivity contribution is 0.223. The van der Waals surface area contributed by atoms with E-state index in [1.54, 1.807) is 0 Å². The Morgan fingerprint density at radius 1 is 1.25 bits per heavy atom. The van der Waals surface area contributed by atoms with Crippen LogP contribution < -0.4 is 10.6 Å². The van der Waals surface area contributed by atoms with E-state index in [1.807, 2.05) is 0 Å². The van der Waals surface area contributed by atoms with Crippen molar-refractivity contribution in [2.75, 3.05) is 39.8 Å². The summed E-state index contributed by atoms with van der Waals surface area (Å²) in [6.07, 6.45) is 3.76. The molecular weight excluding hydrogens is 363 g/mol. The van der Waals surface area contributed by atoms with Crippen LogP contribution >= 0.6 is 24.0 Å². The van der Waals surface area contributed by atoms with Crippen molar-refractivity contribution in [3.05, 3.63) is 0 Å². The van der Waals surface area contributed by atoms with E-state index in [0.29, 0.717) is 0 Å². The summed E-state index contributed by atoms with van der Waals surface area (Å²) < 4.78 is 0. The fourth-order valence-corrected chi connectivity index (χ4v) is 2.29. The average molecular weight is 396 g/mol. The predicted octanol–water partition coefficient (Wildman–Crippen LogP) is 2.55. The zero-order valence-corrected chi connectivity index (χ0v) is 15.9. The normalized spacial score (nSPS) is 17.9. The average Bonchev–Trinajstić information content (AvgIpc) is 2.37. The third kappa shape index (κ3) is 9.00. The predicted molar refractivity (Wildman–Crippen MR) is 99.1 cm³/mol. The molecule has 0 unspecified atom stereocenters. The Hall–Kier alpha value is -0.0400. The number of nitrogens with one attached hydrogen (secondary N) is 2. The van der Waals surface area contributed by atoms with Gasteiger partial charge in [-0.2, -0.15) is 0 Å². The number of guanidine groups is 1. The molecule has 0 aromatic heterocycles. The molecule has 0 bridgehead atoms. The monoisotopic (exact) mass is 396 g/mol. The van der Waals surface area contributed by atoms with Crippen LogP contribution in [-0.4, -0.2) is 50.6 Å². The van der Waals surface area contributed by atoms with E-state index in [-0.39, 0.29) is 24.0 Å². The van der Waals surface area contributed by atoms with Crippen molar-refractivity contribution in [1.29, 1.82) is 0 Å². The van der Waals surface area contributed by atoms with Crippen molar-refractivity contribution in [3.63, 3.8) is 0 Å². The lowest BCUT2D eigenvalue weighted by Crippen LogP contribution is -2.39. The van der Waals surface area contributed by atoms with Crippen molar-refractivity contribution in [1.82, 2.24) is 15.5 Å². The first kappa shape index (κ1) is 20.0. The summed E-state index contributed by atoms with van der Waals surface area (Å²) in [5.41, 5.74) is 0. The molecule has 0 amide bonds. The first-order valence-corrected chi connectivity index (χ1v) is 7.82. The van der Waals surface area contributed by atoms with E-state index in [1.165, 1.54) is 32.4 Å². The van der Waals surface area contributed by atoms with Crippen LogP contribution in [-0.2, 0) is 0 Å². The molecule has 20 heavy (non-hydrogen) atoms. The SMILES string of the molecule is CCNC(=NCC1CCN(C)CC1)NCCC(C)C.I. The standard InChI is InChI=1S/C15H32N4.HI/c1-5-16-15(17-9-6-13(2)3)18-12-14-7-10-19(4)11-8-14;/h13-14H,5-12H2,1-4H3,(H2,16,17,18);1H. The van der Waals surface area contributed by atoms with E-state index in [4.69, 9.17) is 4.99 Å². The van der Waals surface area contributed by atoms with E-state index >= 15 is 0 Å². The molecule has 1 fully saturated rings. The molecule has 1 aliphatic rings. The van der Waals surface area contributed by atoms with Gasteiger partial charge in [0.25, 0.3) is 0 Å². The topological polar surface area (TPSA) is 39.7 Å². The summed E-state index contributed by atoms with van der Waals surface area (Å²) in [6, 6.07) is 0. The molecule has 5 heteroatoms. The number of rotatable bonds is 6. The molecule has 2 N–H and O–H groups in total. The summed E-state index contributed by atoms with van der Waals surface area (Å²) in [4.78, 5) is 7.14. The molecule has 1 saturated heterocycles. The summed E-state index contributed by atoms with van der Waals surface area (Å²) in [5, 5.41) is 6.76. The highest BCUT2D eigenvalue weighted by Gasteiger charge is 2.16. The molecule has 4 nitrogen and oxygen atoms in total. The minimum Gasteiger partial charge on any atom is -0.357 e. The van der Waals surface area contributed by atoms with Gasteiger partial charge in [0.1, 0.15) is 0 Å². The fraction of sp³-hybridized carbons (Fsp3) is 0.933. The number of nitrogens with zero attached hydrogens (tertiary/aromatic N) is 2. The van der Waals surface area contributed by atoms with E-state index in [9.17, 15) is 0 Å². The molecule has 1 aliphatic heterocycles. The van der Waals surface area contributed by atoms with Gasteiger partial charge in [-0.25, -0.2) is 0 Å². The minimum absolute atomic E-state index is 0. The number of likely N-dealkylation sites (tertiary alicyclic amines) is 1. The van der Waals surface area contributed by atoms with Gasteiger partial charge in [0.2, 0.25) is 0 Å². The minimum atomic E-state index is 0. The van der Waals surface area contributed by atoms with E-state index in [0.717, 1.165) is 37.4 Å². The van der Waals surface area contributed by atoms with E-state index in [2.05, 4.69) is 43.4 Å². The highest BCUT2D eigenvalue weighted by Crippen LogP contribution is 2.15. The van der Waals surface area contributed by atoms with Crippen molar-refractivity contribution in [2.45, 2.75) is 40.0 Å². The molecule has 0 spiro atoms. The fourth-order valence-electron chi connectivity index (χ4n) is 2.29. The quantitative estimate of drug-likeness (QED) is 0.412. The van der Waals surface area contributed by atoms with Gasteiger partial charge in [-0.1, -0.05) is 13.8 Å². The Morgan fingerprint density at radius 2 is 1.90 bits per heavy atom. The van der Waals surface area contributed by atoms with Gasteiger partial charge in [0, 0.05) is 19.6 Å². The highest BCUT2D eigenvalue weighted by atomic mass is 127. The van der Waals surface area contributed by atoms with Crippen LogP contribution in [0.4, 0.5) is 0 Å². The van der Waals surface area contributed by atoms with Gasteiger partial charge in [-0.3, -0.25) is 4.99 Å². The van der Waals surface area contributed by atoms with Crippen LogP contribution in [0.2, 0.25) is 0 Å². The van der Waals surface area contributed by atoms with Gasteiger partial charge >= 0.3 is 0 Å². The Kier molecular flexibility index (Phi) is 11.6. The second-order valence-corrected chi connectivity index (χ2v) is 6.08. The third-order valence-corrected chi connectivity index (χ3v) is 3.70. The number of halogens is 1. The van der Waals surface area contributed by atoms with Crippen molar-refractivity contribution >= 4 is 29.9 Å². The van der Waals surface area contributed by atoms with Crippen LogP contribution in [0.25, 0.3) is 0 Å². The number of piperidine rings is 1. The third-order valence-electron chi connectivity index (χ3n) is 3.70. The van der Waals surface area contributed by atoms with Crippen molar-refractivity contribution in [3.8, 4) is 0 Å². The van der Waals surface area contributed by atoms with Gasteiger partial charge in [0.15, 0.2) is 5.96 Å². The molecule has 120 valence electrons. The van der Waals surface area contributed by atoms with E-state index < -0.39 is 0 Å². The van der Waals surface area contributed by atoms with Crippen molar-refractivity contribution in [2.24, 2.45) is 16.8 Å². The summed E-state index contributed by atoms with van der Waals surface area (Å²) in [5.74, 6) is 2.49.